The molecule has 0 heterocycles. The summed E-state index contributed by atoms with van der Waals surface area (Å²) in [4.78, 5) is 0. The molecule has 0 aromatic carbocycles. The second-order valence-electron chi connectivity index (χ2n) is 6.16. The second kappa shape index (κ2) is 19.8. The summed E-state index contributed by atoms with van der Waals surface area (Å²) in [6.45, 7) is 2.22. The molecule has 0 aromatic heterocycles. The Morgan fingerprint density at radius 2 is 1.00 bits per heavy atom. The smallest absolute Gasteiger partial charge is 1.00 e. The van der Waals surface area contributed by atoms with Crippen LogP contribution in [-0.2, 0) is 14.7 Å². The van der Waals surface area contributed by atoms with Gasteiger partial charge in [-0.25, -0.2) is 4.18 Å². The first kappa shape index (κ1) is 26.7. The van der Waals surface area contributed by atoms with Gasteiger partial charge in [0.25, 0.3) is 0 Å². The standard InChI is InChI=1S/C17H35FO3S.K.H/c1-2-3-4-5-6-7-8-9-10-11-12-13-14-15-16-17-21-22(18,19)20;;/h2-17H2,1H3;;/q;+1;-1. The Kier molecular flexibility index (Phi) is 23.0. The van der Waals surface area contributed by atoms with Gasteiger partial charge in [0.15, 0.2) is 0 Å². The maximum atomic E-state index is 12.0. The largest absolute Gasteiger partial charge is 1.00 e. The summed E-state index contributed by atoms with van der Waals surface area (Å²) < 4.78 is 36.2. The molecule has 0 amide bonds. The number of halogens is 1. The van der Waals surface area contributed by atoms with Crippen LogP contribution in [0.4, 0.5) is 3.89 Å². The third-order valence-electron chi connectivity index (χ3n) is 3.97. The topological polar surface area (TPSA) is 43.4 Å². The van der Waals surface area contributed by atoms with Gasteiger partial charge in [0, 0.05) is 0 Å². The molecule has 0 spiro atoms. The average molecular weight is 379 g/mol. The monoisotopic (exact) mass is 378 g/mol. The third kappa shape index (κ3) is 25.8. The van der Waals surface area contributed by atoms with Gasteiger partial charge in [-0.3, -0.25) is 0 Å². The first-order valence-electron chi connectivity index (χ1n) is 9.15. The molecule has 0 aliphatic heterocycles. The summed E-state index contributed by atoms with van der Waals surface area (Å²) in [6, 6.07) is 0. The number of hydrogen-bond acceptors (Lipinski definition) is 3. The van der Waals surface area contributed by atoms with Crippen molar-refractivity contribution in [2.75, 3.05) is 6.61 Å². The molecule has 6 heteroatoms. The van der Waals surface area contributed by atoms with Crippen LogP contribution in [0.1, 0.15) is 105 Å². The first-order valence-corrected chi connectivity index (χ1v) is 10.5. The zero-order valence-corrected chi connectivity index (χ0v) is 19.3. The van der Waals surface area contributed by atoms with Crippen molar-refractivity contribution in [3.8, 4) is 0 Å². The molecule has 0 rings (SSSR count). The minimum atomic E-state index is -4.74. The Morgan fingerprint density at radius 3 is 1.30 bits per heavy atom. The molecular formula is C17H36FKO3S. The Hall–Kier alpha value is 1.48. The van der Waals surface area contributed by atoms with E-state index >= 15 is 0 Å². The summed E-state index contributed by atoms with van der Waals surface area (Å²) in [5, 5.41) is 0. The van der Waals surface area contributed by atoms with E-state index in [0.29, 0.717) is 6.42 Å². The zero-order chi connectivity index (χ0) is 16.5. The third-order valence-corrected chi connectivity index (χ3v) is 4.42. The van der Waals surface area contributed by atoms with Crippen LogP contribution >= 0.6 is 0 Å². The van der Waals surface area contributed by atoms with Crippen LogP contribution in [0.25, 0.3) is 0 Å². The minimum absolute atomic E-state index is 0. The van der Waals surface area contributed by atoms with Crippen molar-refractivity contribution >= 4 is 10.5 Å². The van der Waals surface area contributed by atoms with Crippen LogP contribution in [0.2, 0.25) is 0 Å². The van der Waals surface area contributed by atoms with Crippen molar-refractivity contribution in [2.24, 2.45) is 0 Å². The first-order chi connectivity index (χ1) is 10.6. The van der Waals surface area contributed by atoms with Gasteiger partial charge in [0.05, 0.1) is 6.61 Å². The maximum Gasteiger partial charge on any atom is 1.00 e. The molecule has 0 saturated heterocycles. The van der Waals surface area contributed by atoms with E-state index in [2.05, 4.69) is 11.1 Å². The van der Waals surface area contributed by atoms with Crippen molar-refractivity contribution in [1.82, 2.24) is 0 Å². The number of hydrogen-bond donors (Lipinski definition) is 0. The van der Waals surface area contributed by atoms with Crippen LogP contribution in [0.3, 0.4) is 0 Å². The van der Waals surface area contributed by atoms with E-state index in [1.807, 2.05) is 0 Å². The number of rotatable bonds is 17. The van der Waals surface area contributed by atoms with Crippen molar-refractivity contribution in [2.45, 2.75) is 103 Å². The van der Waals surface area contributed by atoms with Gasteiger partial charge in [-0.2, -0.15) is 8.42 Å². The summed E-state index contributed by atoms with van der Waals surface area (Å²) >= 11 is 0. The molecule has 0 atom stereocenters. The fourth-order valence-electron chi connectivity index (χ4n) is 2.63. The van der Waals surface area contributed by atoms with E-state index in [1.54, 1.807) is 0 Å². The Balaban J connectivity index is -0.00000220. The predicted octanol–water partition coefficient (Wildman–Crippen LogP) is 3.21. The van der Waals surface area contributed by atoms with E-state index in [0.717, 1.165) is 12.8 Å². The van der Waals surface area contributed by atoms with Gasteiger partial charge >= 0.3 is 61.9 Å². The molecule has 136 valence electrons. The van der Waals surface area contributed by atoms with Gasteiger partial charge in [-0.1, -0.05) is 101 Å². The molecule has 0 aromatic rings. The molecule has 3 nitrogen and oxygen atoms in total. The van der Waals surface area contributed by atoms with Gasteiger partial charge in [-0.15, -0.1) is 0 Å². The summed E-state index contributed by atoms with van der Waals surface area (Å²) in [5.41, 5.74) is 0. The van der Waals surface area contributed by atoms with Crippen LogP contribution in [0.15, 0.2) is 0 Å². The van der Waals surface area contributed by atoms with Crippen molar-refractivity contribution in [3.63, 3.8) is 0 Å². The van der Waals surface area contributed by atoms with Crippen LogP contribution < -0.4 is 51.4 Å². The molecule has 0 unspecified atom stereocenters. The van der Waals surface area contributed by atoms with Crippen molar-refractivity contribution in [1.29, 1.82) is 0 Å². The molecule has 0 aliphatic carbocycles. The average Bonchev–Trinajstić information content (AvgIpc) is 2.45. The fourth-order valence-corrected chi connectivity index (χ4v) is 2.95. The molecule has 0 radical (unpaired) electrons. The van der Waals surface area contributed by atoms with Crippen LogP contribution in [-0.4, -0.2) is 15.0 Å². The summed E-state index contributed by atoms with van der Waals surface area (Å²) in [6.07, 6.45) is 18.7. The van der Waals surface area contributed by atoms with E-state index in [1.165, 1.54) is 77.0 Å². The molecule has 0 saturated carbocycles. The molecule has 0 bridgehead atoms. The Labute approximate surface area is 187 Å². The maximum absolute atomic E-state index is 12.0. The quantitative estimate of drug-likeness (QED) is 0.222. The predicted molar refractivity (Wildman–Crippen MR) is 92.0 cm³/mol. The zero-order valence-electron chi connectivity index (χ0n) is 16.3. The second-order valence-corrected chi connectivity index (χ2v) is 7.19. The van der Waals surface area contributed by atoms with Gasteiger partial charge in [-0.05, 0) is 6.42 Å². The normalized spacial score (nSPS) is 11.4. The molecule has 0 N–H and O–H groups in total. The molecule has 0 aliphatic rings. The van der Waals surface area contributed by atoms with Crippen LogP contribution in [0.5, 0.6) is 0 Å². The van der Waals surface area contributed by atoms with Crippen molar-refractivity contribution in [3.05, 3.63) is 0 Å². The summed E-state index contributed by atoms with van der Waals surface area (Å²) in [5.74, 6) is 0. The van der Waals surface area contributed by atoms with E-state index in [4.69, 9.17) is 0 Å². The van der Waals surface area contributed by atoms with E-state index in [9.17, 15) is 12.3 Å². The van der Waals surface area contributed by atoms with Gasteiger partial charge < -0.3 is 1.43 Å². The molecule has 0 fully saturated rings. The SMILES string of the molecule is CCCCCCCCCCCCCCCCCOS(=O)(=O)F.[H-].[K+]. The van der Waals surface area contributed by atoms with Crippen molar-refractivity contribution < 1.29 is 69.3 Å². The van der Waals surface area contributed by atoms with E-state index < -0.39 is 10.5 Å². The molecule has 23 heavy (non-hydrogen) atoms. The molecular weight excluding hydrogens is 342 g/mol. The fraction of sp³-hybridized carbons (Fsp3) is 1.00. The minimum Gasteiger partial charge on any atom is -1.00 e. The van der Waals surface area contributed by atoms with Gasteiger partial charge in [0.2, 0.25) is 0 Å². The van der Waals surface area contributed by atoms with E-state index in [-0.39, 0.29) is 59.4 Å². The summed E-state index contributed by atoms with van der Waals surface area (Å²) in [7, 11) is -4.74. The van der Waals surface area contributed by atoms with Crippen LogP contribution in [0, 0.1) is 0 Å². The number of unbranched alkanes of at least 4 members (excludes halogenated alkanes) is 14. The Bertz CT molecular complexity index is 330. The Morgan fingerprint density at radius 1 is 0.696 bits per heavy atom. The van der Waals surface area contributed by atoms with Gasteiger partial charge in [0.1, 0.15) is 0 Å².